The summed E-state index contributed by atoms with van der Waals surface area (Å²) in [6.07, 6.45) is 0.830. The Hall–Kier alpha value is -0.870. The fourth-order valence-corrected chi connectivity index (χ4v) is 1.44. The van der Waals surface area contributed by atoms with E-state index in [1.807, 2.05) is 17.5 Å². The number of amides is 1. The summed E-state index contributed by atoms with van der Waals surface area (Å²) in [6, 6.07) is 3.67. The predicted molar refractivity (Wildman–Crippen MR) is 50.3 cm³/mol. The van der Waals surface area contributed by atoms with Crippen LogP contribution in [0, 0.1) is 0 Å². The summed E-state index contributed by atoms with van der Waals surface area (Å²) >= 11 is 1.45. The molecular weight excluding hydrogens is 172 g/mol. The summed E-state index contributed by atoms with van der Waals surface area (Å²) in [5, 5.41) is 4.66. The number of carbonyl (C=O) groups excluding carboxylic acids is 1. The minimum atomic E-state index is -0.00144. The molecule has 3 nitrogen and oxygen atoms in total. The first kappa shape index (κ1) is 9.22. The number of nitrogens with two attached hydrogens (primary N) is 1. The van der Waals surface area contributed by atoms with E-state index in [0.717, 1.165) is 11.3 Å². The highest BCUT2D eigenvalue weighted by atomic mass is 32.1. The van der Waals surface area contributed by atoms with E-state index >= 15 is 0 Å². The van der Waals surface area contributed by atoms with Gasteiger partial charge in [-0.05, 0) is 24.4 Å². The standard InChI is InChI=1S/C8H12N2OS/c9-4-2-5-10-8(11)7-3-1-6-12-7/h1,3,6H,2,4-5,9H2,(H,10,11). The molecule has 66 valence electrons. The molecule has 1 aromatic heterocycles. The Morgan fingerprint density at radius 3 is 3.08 bits per heavy atom. The van der Waals surface area contributed by atoms with Crippen LogP contribution in [0.5, 0.6) is 0 Å². The molecule has 0 spiro atoms. The summed E-state index contributed by atoms with van der Waals surface area (Å²) in [7, 11) is 0. The molecule has 0 atom stereocenters. The lowest BCUT2D eigenvalue weighted by Gasteiger charge is -2.00. The number of rotatable bonds is 4. The van der Waals surface area contributed by atoms with Crippen LogP contribution in [-0.4, -0.2) is 19.0 Å². The Balaban J connectivity index is 2.30. The first-order valence-electron chi connectivity index (χ1n) is 3.86. The maximum absolute atomic E-state index is 11.2. The highest BCUT2D eigenvalue weighted by Crippen LogP contribution is 2.07. The summed E-state index contributed by atoms with van der Waals surface area (Å²) < 4.78 is 0. The second-order valence-electron chi connectivity index (χ2n) is 2.38. The molecule has 0 bridgehead atoms. The topological polar surface area (TPSA) is 55.1 Å². The van der Waals surface area contributed by atoms with Crippen molar-refractivity contribution in [1.29, 1.82) is 0 Å². The van der Waals surface area contributed by atoms with Gasteiger partial charge in [-0.15, -0.1) is 11.3 Å². The molecule has 0 aliphatic carbocycles. The molecule has 0 saturated heterocycles. The van der Waals surface area contributed by atoms with Gasteiger partial charge >= 0.3 is 0 Å². The lowest BCUT2D eigenvalue weighted by atomic mass is 10.4. The average molecular weight is 184 g/mol. The molecule has 0 saturated carbocycles. The first-order chi connectivity index (χ1) is 5.84. The van der Waals surface area contributed by atoms with Gasteiger partial charge in [0.2, 0.25) is 0 Å². The van der Waals surface area contributed by atoms with Crippen molar-refractivity contribution in [3.05, 3.63) is 22.4 Å². The van der Waals surface area contributed by atoms with E-state index in [4.69, 9.17) is 5.73 Å². The lowest BCUT2D eigenvalue weighted by molar-refractivity contribution is 0.0957. The summed E-state index contributed by atoms with van der Waals surface area (Å²) in [5.41, 5.74) is 5.28. The molecule has 1 heterocycles. The molecule has 12 heavy (non-hydrogen) atoms. The fraction of sp³-hybridized carbons (Fsp3) is 0.375. The third-order valence-corrected chi connectivity index (χ3v) is 2.28. The Labute approximate surface area is 75.6 Å². The van der Waals surface area contributed by atoms with Crippen molar-refractivity contribution in [1.82, 2.24) is 5.32 Å². The van der Waals surface area contributed by atoms with E-state index in [0.29, 0.717) is 13.1 Å². The highest BCUT2D eigenvalue weighted by molar-refractivity contribution is 7.12. The van der Waals surface area contributed by atoms with Crippen molar-refractivity contribution in [3.63, 3.8) is 0 Å². The SMILES string of the molecule is NCCCNC(=O)c1cccs1. The van der Waals surface area contributed by atoms with E-state index in [-0.39, 0.29) is 5.91 Å². The molecule has 4 heteroatoms. The zero-order chi connectivity index (χ0) is 8.81. The van der Waals surface area contributed by atoms with Crippen molar-refractivity contribution in [2.75, 3.05) is 13.1 Å². The molecular formula is C8H12N2OS. The maximum Gasteiger partial charge on any atom is 0.261 e. The van der Waals surface area contributed by atoms with Crippen LogP contribution >= 0.6 is 11.3 Å². The molecule has 0 fully saturated rings. The van der Waals surface area contributed by atoms with E-state index in [2.05, 4.69) is 5.32 Å². The van der Waals surface area contributed by atoms with Crippen molar-refractivity contribution < 1.29 is 4.79 Å². The summed E-state index contributed by atoms with van der Waals surface area (Å²) in [4.78, 5) is 12.0. The highest BCUT2D eigenvalue weighted by Gasteiger charge is 2.03. The fourth-order valence-electron chi connectivity index (χ4n) is 0.799. The Kier molecular flexibility index (Phi) is 3.76. The number of nitrogens with one attached hydrogen (secondary N) is 1. The quantitative estimate of drug-likeness (QED) is 0.681. The van der Waals surface area contributed by atoms with Gasteiger partial charge in [0, 0.05) is 6.54 Å². The van der Waals surface area contributed by atoms with Crippen LogP contribution in [0.3, 0.4) is 0 Å². The van der Waals surface area contributed by atoms with Gasteiger partial charge in [0.1, 0.15) is 0 Å². The van der Waals surface area contributed by atoms with Crippen LogP contribution in [0.1, 0.15) is 16.1 Å². The Morgan fingerprint density at radius 1 is 1.67 bits per heavy atom. The molecule has 0 aliphatic heterocycles. The zero-order valence-electron chi connectivity index (χ0n) is 6.75. The molecule has 1 amide bonds. The third-order valence-electron chi connectivity index (χ3n) is 1.41. The van der Waals surface area contributed by atoms with Crippen LogP contribution in [-0.2, 0) is 0 Å². The third kappa shape index (κ3) is 2.64. The average Bonchev–Trinajstić information content (AvgIpc) is 2.56. The smallest absolute Gasteiger partial charge is 0.261 e. The lowest BCUT2D eigenvalue weighted by Crippen LogP contribution is -2.25. The molecule has 0 radical (unpaired) electrons. The van der Waals surface area contributed by atoms with Crippen molar-refractivity contribution >= 4 is 17.2 Å². The van der Waals surface area contributed by atoms with Gasteiger partial charge in [-0.25, -0.2) is 0 Å². The van der Waals surface area contributed by atoms with Gasteiger partial charge in [0.25, 0.3) is 5.91 Å². The first-order valence-corrected chi connectivity index (χ1v) is 4.74. The van der Waals surface area contributed by atoms with E-state index in [1.165, 1.54) is 11.3 Å². The summed E-state index contributed by atoms with van der Waals surface area (Å²) in [6.45, 7) is 1.28. The maximum atomic E-state index is 11.2. The molecule has 3 N–H and O–H groups in total. The molecule has 0 aliphatic rings. The van der Waals surface area contributed by atoms with Gasteiger partial charge in [0.05, 0.1) is 4.88 Å². The second-order valence-corrected chi connectivity index (χ2v) is 3.32. The van der Waals surface area contributed by atoms with Gasteiger partial charge < -0.3 is 11.1 Å². The van der Waals surface area contributed by atoms with Crippen molar-refractivity contribution in [2.24, 2.45) is 5.73 Å². The second kappa shape index (κ2) is 4.90. The zero-order valence-corrected chi connectivity index (χ0v) is 7.56. The Bertz CT molecular complexity index is 233. The van der Waals surface area contributed by atoms with Gasteiger partial charge in [-0.2, -0.15) is 0 Å². The van der Waals surface area contributed by atoms with Crippen LogP contribution in [0.2, 0.25) is 0 Å². The van der Waals surface area contributed by atoms with Gasteiger partial charge in [0.15, 0.2) is 0 Å². The van der Waals surface area contributed by atoms with Gasteiger partial charge in [-0.3, -0.25) is 4.79 Å². The summed E-state index contributed by atoms with van der Waals surface area (Å²) in [5.74, 6) is -0.00144. The monoisotopic (exact) mass is 184 g/mol. The number of carbonyl (C=O) groups is 1. The number of hydrogen-bond acceptors (Lipinski definition) is 3. The Morgan fingerprint density at radius 2 is 2.50 bits per heavy atom. The van der Waals surface area contributed by atoms with Crippen LogP contribution in [0.15, 0.2) is 17.5 Å². The molecule has 0 unspecified atom stereocenters. The van der Waals surface area contributed by atoms with Crippen LogP contribution < -0.4 is 11.1 Å². The molecule has 0 aromatic carbocycles. The van der Waals surface area contributed by atoms with E-state index in [1.54, 1.807) is 0 Å². The van der Waals surface area contributed by atoms with E-state index in [9.17, 15) is 4.79 Å². The van der Waals surface area contributed by atoms with Crippen molar-refractivity contribution in [3.8, 4) is 0 Å². The normalized spacial score (nSPS) is 9.75. The van der Waals surface area contributed by atoms with Crippen LogP contribution in [0.25, 0.3) is 0 Å². The molecule has 1 aromatic rings. The van der Waals surface area contributed by atoms with Crippen molar-refractivity contribution in [2.45, 2.75) is 6.42 Å². The van der Waals surface area contributed by atoms with Crippen LogP contribution in [0.4, 0.5) is 0 Å². The van der Waals surface area contributed by atoms with E-state index < -0.39 is 0 Å². The minimum Gasteiger partial charge on any atom is -0.351 e. The number of thiophene rings is 1. The largest absolute Gasteiger partial charge is 0.351 e. The predicted octanol–water partition coefficient (Wildman–Crippen LogP) is 0.827. The number of hydrogen-bond donors (Lipinski definition) is 2. The molecule has 1 rings (SSSR count). The minimum absolute atomic E-state index is 0.00144. The van der Waals surface area contributed by atoms with Gasteiger partial charge in [-0.1, -0.05) is 6.07 Å².